The quantitative estimate of drug-likeness (QED) is 0.792. The van der Waals surface area contributed by atoms with E-state index in [1.807, 2.05) is 34.7 Å². The van der Waals surface area contributed by atoms with Gasteiger partial charge in [0.05, 0.1) is 32.1 Å². The van der Waals surface area contributed by atoms with Gasteiger partial charge in [0, 0.05) is 30.0 Å². The van der Waals surface area contributed by atoms with Gasteiger partial charge in [0.15, 0.2) is 0 Å². The van der Waals surface area contributed by atoms with Gasteiger partial charge in [-0.15, -0.1) is 0 Å². The number of fused-ring (bicyclic) bond motifs is 1. The van der Waals surface area contributed by atoms with Gasteiger partial charge in [-0.25, -0.2) is 0 Å². The molecule has 0 saturated carbocycles. The minimum Gasteiger partial charge on any atom is -0.497 e. The number of morpholine rings is 1. The topological polar surface area (TPSA) is 59.8 Å². The minimum atomic E-state index is 0.0708. The summed E-state index contributed by atoms with van der Waals surface area (Å²) in [5.74, 6) is 0.904. The smallest absolute Gasteiger partial charge is 0.248 e. The molecule has 1 atom stereocenters. The molecular formula is C22H30N4O3. The van der Waals surface area contributed by atoms with E-state index >= 15 is 0 Å². The van der Waals surface area contributed by atoms with E-state index in [9.17, 15) is 4.79 Å². The average molecular weight is 399 g/mol. The lowest BCUT2D eigenvalue weighted by atomic mass is 10.0. The summed E-state index contributed by atoms with van der Waals surface area (Å²) in [6.45, 7) is 7.39. The van der Waals surface area contributed by atoms with Crippen molar-refractivity contribution < 1.29 is 14.3 Å². The second-order valence-corrected chi connectivity index (χ2v) is 7.96. The van der Waals surface area contributed by atoms with Crippen molar-refractivity contribution in [2.45, 2.75) is 39.3 Å². The van der Waals surface area contributed by atoms with Gasteiger partial charge in [0.2, 0.25) is 5.91 Å². The number of nitrogens with zero attached hydrogens (tertiary/aromatic N) is 4. The van der Waals surface area contributed by atoms with E-state index in [0.29, 0.717) is 6.61 Å². The van der Waals surface area contributed by atoms with Crippen LogP contribution in [0.4, 0.5) is 5.69 Å². The number of rotatable bonds is 4. The van der Waals surface area contributed by atoms with Gasteiger partial charge in [-0.1, -0.05) is 0 Å². The summed E-state index contributed by atoms with van der Waals surface area (Å²) in [6, 6.07) is 6.14. The molecular weight excluding hydrogens is 368 g/mol. The molecule has 7 nitrogen and oxygen atoms in total. The fraction of sp³-hybridized carbons (Fsp3) is 0.545. The molecule has 2 aliphatic rings. The number of benzene rings is 1. The van der Waals surface area contributed by atoms with E-state index in [1.165, 1.54) is 11.1 Å². The third kappa shape index (κ3) is 3.76. The van der Waals surface area contributed by atoms with E-state index in [0.717, 1.165) is 55.4 Å². The zero-order valence-corrected chi connectivity index (χ0v) is 17.8. The predicted octanol–water partition coefficient (Wildman–Crippen LogP) is 2.49. The van der Waals surface area contributed by atoms with Crippen molar-refractivity contribution in [1.82, 2.24) is 14.7 Å². The largest absolute Gasteiger partial charge is 0.497 e. The normalized spacial score (nSPS) is 19.9. The van der Waals surface area contributed by atoms with Crippen molar-refractivity contribution >= 4 is 11.6 Å². The van der Waals surface area contributed by atoms with Gasteiger partial charge >= 0.3 is 0 Å². The maximum Gasteiger partial charge on any atom is 0.248 e. The Bertz CT molecular complexity index is 908. The van der Waals surface area contributed by atoms with Crippen LogP contribution in [0.25, 0.3) is 0 Å². The Hall–Kier alpha value is -2.38. The number of carbonyl (C=O) groups excluding carboxylic acids is 1. The molecule has 2 aromatic rings. The Morgan fingerprint density at radius 3 is 2.90 bits per heavy atom. The second-order valence-electron chi connectivity index (χ2n) is 7.96. The molecule has 1 saturated heterocycles. The van der Waals surface area contributed by atoms with Gasteiger partial charge in [0.1, 0.15) is 12.3 Å². The van der Waals surface area contributed by atoms with Gasteiger partial charge < -0.3 is 14.4 Å². The highest BCUT2D eigenvalue weighted by atomic mass is 16.5. The Balaban J connectivity index is 1.56. The number of amides is 1. The molecule has 0 bridgehead atoms. The lowest BCUT2D eigenvalue weighted by molar-refractivity contribution is -0.119. The van der Waals surface area contributed by atoms with E-state index in [4.69, 9.17) is 14.6 Å². The number of anilines is 1. The Labute approximate surface area is 172 Å². The van der Waals surface area contributed by atoms with E-state index in [2.05, 4.69) is 18.9 Å². The second kappa shape index (κ2) is 8.16. The van der Waals surface area contributed by atoms with E-state index in [-0.39, 0.29) is 18.5 Å². The number of aryl methyl sites for hydroxylation is 2. The summed E-state index contributed by atoms with van der Waals surface area (Å²) in [7, 11) is 3.79. The summed E-state index contributed by atoms with van der Waals surface area (Å²) in [6.07, 6.45) is 1.92. The van der Waals surface area contributed by atoms with Gasteiger partial charge in [-0.05, 0) is 57.5 Å². The van der Waals surface area contributed by atoms with Crippen LogP contribution in [0.15, 0.2) is 18.2 Å². The highest BCUT2D eigenvalue weighted by Gasteiger charge is 2.29. The first-order valence-corrected chi connectivity index (χ1v) is 10.3. The van der Waals surface area contributed by atoms with E-state index in [1.54, 1.807) is 7.11 Å². The number of hydrogen-bond acceptors (Lipinski definition) is 5. The van der Waals surface area contributed by atoms with Crippen LogP contribution in [-0.2, 0) is 22.5 Å². The number of carbonyl (C=O) groups is 1. The van der Waals surface area contributed by atoms with E-state index < -0.39 is 0 Å². The molecule has 0 spiro atoms. The maximum absolute atomic E-state index is 13.2. The summed E-state index contributed by atoms with van der Waals surface area (Å²) in [5.41, 5.74) is 5.36. The lowest BCUT2D eigenvalue weighted by Gasteiger charge is -2.33. The van der Waals surface area contributed by atoms with Gasteiger partial charge in [0.25, 0.3) is 0 Å². The molecule has 1 aromatic carbocycles. The zero-order valence-electron chi connectivity index (χ0n) is 17.8. The fourth-order valence-electron chi connectivity index (χ4n) is 4.51. The maximum atomic E-state index is 13.2. The number of hydrogen-bond donors (Lipinski definition) is 0. The Kier molecular flexibility index (Phi) is 5.61. The first-order chi connectivity index (χ1) is 14.0. The first kappa shape index (κ1) is 19.9. The predicted molar refractivity (Wildman–Crippen MR) is 112 cm³/mol. The van der Waals surface area contributed by atoms with Gasteiger partial charge in [-0.3, -0.25) is 14.4 Å². The van der Waals surface area contributed by atoms with Crippen LogP contribution in [0.3, 0.4) is 0 Å². The van der Waals surface area contributed by atoms with Crippen LogP contribution >= 0.6 is 0 Å². The molecule has 0 aliphatic carbocycles. The van der Waals surface area contributed by atoms with Crippen LogP contribution < -0.4 is 9.64 Å². The number of methoxy groups -OCH3 is 1. The average Bonchev–Trinajstić information content (AvgIpc) is 3.00. The number of ether oxygens (including phenoxy) is 2. The third-order valence-electron chi connectivity index (χ3n) is 6.16. The molecule has 0 radical (unpaired) electrons. The minimum absolute atomic E-state index is 0.0708. The molecule has 156 valence electrons. The highest BCUT2D eigenvalue weighted by Crippen LogP contribution is 2.32. The lowest BCUT2D eigenvalue weighted by Crippen LogP contribution is -2.38. The van der Waals surface area contributed by atoms with Crippen molar-refractivity contribution in [3.05, 3.63) is 40.7 Å². The van der Waals surface area contributed by atoms with Crippen LogP contribution in [0.2, 0.25) is 0 Å². The molecule has 1 fully saturated rings. The first-order valence-electron chi connectivity index (χ1n) is 10.3. The highest BCUT2D eigenvalue weighted by molar-refractivity contribution is 5.94. The molecule has 7 heteroatoms. The van der Waals surface area contributed by atoms with Crippen LogP contribution in [-0.4, -0.2) is 61.0 Å². The molecule has 2 aliphatic heterocycles. The summed E-state index contributed by atoms with van der Waals surface area (Å²) < 4.78 is 12.9. The SMILES string of the molecule is COc1ccc2c(c1)CCCN2C(=O)Cn1nc(C)c(C2COCCN2C)c1C. The van der Waals surface area contributed by atoms with Crippen molar-refractivity contribution in [3.63, 3.8) is 0 Å². The molecule has 1 aromatic heterocycles. The Morgan fingerprint density at radius 2 is 2.14 bits per heavy atom. The zero-order chi connectivity index (χ0) is 20.5. The summed E-state index contributed by atoms with van der Waals surface area (Å²) in [4.78, 5) is 17.4. The number of likely N-dealkylation sites (N-methyl/N-ethyl adjacent to an activating group) is 1. The molecule has 4 rings (SSSR count). The van der Waals surface area contributed by atoms with Crippen molar-refractivity contribution in [2.75, 3.05) is 45.4 Å². The summed E-state index contributed by atoms with van der Waals surface area (Å²) >= 11 is 0. The van der Waals surface area contributed by atoms with Crippen LogP contribution in [0.1, 0.15) is 35.0 Å². The Morgan fingerprint density at radius 1 is 1.31 bits per heavy atom. The molecule has 1 amide bonds. The molecule has 0 N–H and O–H groups in total. The van der Waals surface area contributed by atoms with Crippen LogP contribution in [0, 0.1) is 13.8 Å². The van der Waals surface area contributed by atoms with Crippen LogP contribution in [0.5, 0.6) is 5.75 Å². The van der Waals surface area contributed by atoms with Gasteiger partial charge in [-0.2, -0.15) is 5.10 Å². The standard InChI is InChI=1S/C22H30N4O3/c1-15-22(20-14-29-11-10-24(20)3)16(2)26(23-15)13-21(27)25-9-5-6-17-12-18(28-4)7-8-19(17)25/h7-8,12,20H,5-6,9-11,13-14H2,1-4H3. The molecule has 29 heavy (non-hydrogen) atoms. The third-order valence-corrected chi connectivity index (χ3v) is 6.16. The molecule has 1 unspecified atom stereocenters. The summed E-state index contributed by atoms with van der Waals surface area (Å²) in [5, 5.41) is 4.70. The van der Waals surface area contributed by atoms with Crippen molar-refractivity contribution in [2.24, 2.45) is 0 Å². The molecule has 3 heterocycles. The fourth-order valence-corrected chi connectivity index (χ4v) is 4.51. The van der Waals surface area contributed by atoms with Crippen molar-refractivity contribution in [3.8, 4) is 5.75 Å². The van der Waals surface area contributed by atoms with Crippen molar-refractivity contribution in [1.29, 1.82) is 0 Å². The monoisotopic (exact) mass is 398 g/mol. The number of aromatic nitrogens is 2.